The van der Waals surface area contributed by atoms with Gasteiger partial charge in [0.15, 0.2) is 5.78 Å². The topological polar surface area (TPSA) is 17.1 Å². The number of halogens is 1. The van der Waals surface area contributed by atoms with Gasteiger partial charge >= 0.3 is 0 Å². The molecule has 1 nitrogen and oxygen atoms in total. The van der Waals surface area contributed by atoms with E-state index in [1.165, 1.54) is 18.7 Å². The van der Waals surface area contributed by atoms with E-state index in [9.17, 15) is 9.18 Å². The first-order valence-electron chi connectivity index (χ1n) is 3.65. The van der Waals surface area contributed by atoms with E-state index in [1.54, 1.807) is 6.92 Å². The molecule has 0 amide bonds. The summed E-state index contributed by atoms with van der Waals surface area (Å²) in [4.78, 5) is 11.1. The smallest absolute Gasteiger partial charge is 0.168 e. The molecule has 0 saturated heterocycles. The van der Waals surface area contributed by atoms with Crippen molar-refractivity contribution in [2.24, 2.45) is 0 Å². The van der Waals surface area contributed by atoms with Gasteiger partial charge < -0.3 is 0 Å². The predicted molar refractivity (Wildman–Crippen MR) is 47.2 cm³/mol. The monoisotopic (exact) mass is 176 g/mol. The maximum atomic E-state index is 12.9. The van der Waals surface area contributed by atoms with Crippen LogP contribution in [0.15, 0.2) is 10.7 Å². The van der Waals surface area contributed by atoms with Gasteiger partial charge in [0.25, 0.3) is 0 Å². The van der Waals surface area contributed by atoms with Gasteiger partial charge in [-0.15, -0.1) is 11.8 Å². The summed E-state index contributed by atoms with van der Waals surface area (Å²) in [5.41, 5.74) is 0. The highest BCUT2D eigenvalue weighted by Crippen LogP contribution is 2.23. The Balaban J connectivity index is 4.43. The number of hydrogen-bond acceptors (Lipinski definition) is 2. The first-order chi connectivity index (χ1) is 5.13. The quantitative estimate of drug-likeness (QED) is 0.613. The minimum absolute atomic E-state index is 0.170. The van der Waals surface area contributed by atoms with Crippen LogP contribution in [0.2, 0.25) is 0 Å². The van der Waals surface area contributed by atoms with Crippen LogP contribution in [0.25, 0.3) is 0 Å². The summed E-state index contributed by atoms with van der Waals surface area (Å²) in [6.07, 6.45) is 0.307. The second-order valence-corrected chi connectivity index (χ2v) is 3.35. The molecule has 3 heteroatoms. The average molecular weight is 176 g/mol. The van der Waals surface area contributed by atoms with E-state index in [-0.39, 0.29) is 16.5 Å². The number of rotatable bonds is 4. The second kappa shape index (κ2) is 5.35. The Morgan fingerprint density at radius 3 is 2.27 bits per heavy atom. The average Bonchev–Trinajstić information content (AvgIpc) is 1.98. The molecule has 11 heavy (non-hydrogen) atoms. The van der Waals surface area contributed by atoms with E-state index >= 15 is 0 Å². The maximum Gasteiger partial charge on any atom is 0.168 e. The molecule has 0 aromatic rings. The third-order valence-electron chi connectivity index (χ3n) is 1.17. The lowest BCUT2D eigenvalue weighted by molar-refractivity contribution is -0.113. The van der Waals surface area contributed by atoms with Crippen molar-refractivity contribution < 1.29 is 9.18 Å². The molecule has 0 atom stereocenters. The van der Waals surface area contributed by atoms with Crippen LogP contribution >= 0.6 is 11.8 Å². The Hall–Kier alpha value is -0.310. The van der Waals surface area contributed by atoms with Crippen molar-refractivity contribution in [2.45, 2.75) is 27.2 Å². The maximum absolute atomic E-state index is 12.9. The zero-order valence-electron chi connectivity index (χ0n) is 7.11. The molecule has 0 aliphatic heterocycles. The standard InChI is InChI=1S/C8H13FOS/c1-4-7(9)8(6(3)10)11-5-2/h4-5H2,1-3H3/b8-7+. The number of ketones is 1. The molecule has 0 aromatic carbocycles. The third-order valence-corrected chi connectivity index (χ3v) is 2.25. The molecule has 0 unspecified atom stereocenters. The lowest BCUT2D eigenvalue weighted by atomic mass is 10.3. The number of carbonyl (C=O) groups excluding carboxylic acids is 1. The zero-order valence-corrected chi connectivity index (χ0v) is 7.93. The van der Waals surface area contributed by atoms with Crippen LogP contribution in [0.4, 0.5) is 4.39 Å². The van der Waals surface area contributed by atoms with E-state index in [0.717, 1.165) is 5.75 Å². The highest BCUT2D eigenvalue weighted by Gasteiger charge is 2.09. The molecule has 0 aromatic heterocycles. The molecule has 0 aliphatic carbocycles. The van der Waals surface area contributed by atoms with Gasteiger partial charge in [-0.25, -0.2) is 4.39 Å². The molecular formula is C8H13FOS. The summed E-state index contributed by atoms with van der Waals surface area (Å²) in [6, 6.07) is 0. The SMILES string of the molecule is CCS/C(C(C)=O)=C(/F)CC. The highest BCUT2D eigenvalue weighted by atomic mass is 32.2. The van der Waals surface area contributed by atoms with Crippen LogP contribution in [-0.2, 0) is 4.79 Å². The van der Waals surface area contributed by atoms with Crippen LogP contribution in [0.1, 0.15) is 27.2 Å². The molecule has 0 rings (SSSR count). The first-order valence-corrected chi connectivity index (χ1v) is 4.64. The van der Waals surface area contributed by atoms with Crippen molar-refractivity contribution in [3.63, 3.8) is 0 Å². The third kappa shape index (κ3) is 3.56. The summed E-state index contributed by atoms with van der Waals surface area (Å²) in [5.74, 6) is 0.281. The highest BCUT2D eigenvalue weighted by molar-refractivity contribution is 8.03. The normalized spacial score (nSPS) is 12.7. The molecule has 0 radical (unpaired) electrons. The molecule has 0 N–H and O–H groups in total. The number of hydrogen-bond donors (Lipinski definition) is 0. The Morgan fingerprint density at radius 2 is 2.00 bits per heavy atom. The summed E-state index contributed by atoms with van der Waals surface area (Å²) in [7, 11) is 0. The minimum atomic E-state index is -0.288. The molecule has 0 aliphatic rings. The molecule has 0 bridgehead atoms. The van der Waals surface area contributed by atoms with E-state index < -0.39 is 0 Å². The lowest BCUT2D eigenvalue weighted by Gasteiger charge is -2.01. The summed E-state index contributed by atoms with van der Waals surface area (Å²) in [5, 5.41) is 0. The fourth-order valence-electron chi connectivity index (χ4n) is 0.676. The fourth-order valence-corrected chi connectivity index (χ4v) is 1.47. The van der Waals surface area contributed by atoms with Gasteiger partial charge in [-0.3, -0.25) is 4.79 Å². The van der Waals surface area contributed by atoms with Crippen LogP contribution in [-0.4, -0.2) is 11.5 Å². The zero-order chi connectivity index (χ0) is 8.85. The van der Waals surface area contributed by atoms with Crippen molar-refractivity contribution in [1.29, 1.82) is 0 Å². The van der Waals surface area contributed by atoms with Crippen molar-refractivity contribution >= 4 is 17.5 Å². The van der Waals surface area contributed by atoms with Gasteiger partial charge in [-0.2, -0.15) is 0 Å². The lowest BCUT2D eigenvalue weighted by Crippen LogP contribution is -1.95. The van der Waals surface area contributed by atoms with Crippen LogP contribution in [0.5, 0.6) is 0 Å². The van der Waals surface area contributed by atoms with Crippen LogP contribution < -0.4 is 0 Å². The van der Waals surface area contributed by atoms with Crippen molar-refractivity contribution in [3.8, 4) is 0 Å². The van der Waals surface area contributed by atoms with Gasteiger partial charge in [0, 0.05) is 0 Å². The summed E-state index contributed by atoms with van der Waals surface area (Å²) in [6.45, 7) is 5.00. The van der Waals surface area contributed by atoms with Gasteiger partial charge in [0.05, 0.1) is 4.91 Å². The van der Waals surface area contributed by atoms with Crippen molar-refractivity contribution in [3.05, 3.63) is 10.7 Å². The largest absolute Gasteiger partial charge is 0.294 e. The molecular weight excluding hydrogens is 163 g/mol. The van der Waals surface area contributed by atoms with Crippen LogP contribution in [0.3, 0.4) is 0 Å². The Bertz CT molecular complexity index is 175. The number of allylic oxidation sites excluding steroid dienone is 2. The molecule has 0 heterocycles. The van der Waals surface area contributed by atoms with E-state index in [2.05, 4.69) is 0 Å². The summed E-state index contributed by atoms with van der Waals surface area (Å²) < 4.78 is 12.9. The van der Waals surface area contributed by atoms with Gasteiger partial charge in [0.2, 0.25) is 0 Å². The fraction of sp³-hybridized carbons (Fsp3) is 0.625. The predicted octanol–water partition coefficient (Wildman–Crippen LogP) is 2.92. The number of thioether (sulfide) groups is 1. The second-order valence-electron chi connectivity index (χ2n) is 2.08. The minimum Gasteiger partial charge on any atom is -0.294 e. The Morgan fingerprint density at radius 1 is 1.45 bits per heavy atom. The van der Waals surface area contributed by atoms with E-state index in [0.29, 0.717) is 6.42 Å². The molecule has 0 spiro atoms. The van der Waals surface area contributed by atoms with Gasteiger partial charge in [0.1, 0.15) is 5.83 Å². The van der Waals surface area contributed by atoms with E-state index in [1.807, 2.05) is 6.92 Å². The van der Waals surface area contributed by atoms with Gasteiger partial charge in [-0.05, 0) is 19.1 Å². The summed E-state index contributed by atoms with van der Waals surface area (Å²) >= 11 is 1.27. The van der Waals surface area contributed by atoms with Crippen LogP contribution in [0, 0.1) is 0 Å². The Labute approximate surface area is 71.1 Å². The first kappa shape index (κ1) is 10.7. The number of carbonyl (C=O) groups is 1. The van der Waals surface area contributed by atoms with Crippen molar-refractivity contribution in [2.75, 3.05) is 5.75 Å². The molecule has 0 saturated carbocycles. The van der Waals surface area contributed by atoms with E-state index in [4.69, 9.17) is 0 Å². The van der Waals surface area contributed by atoms with Gasteiger partial charge in [-0.1, -0.05) is 13.8 Å². The molecule has 0 fully saturated rings. The Kier molecular flexibility index (Phi) is 5.20. The van der Waals surface area contributed by atoms with Crippen molar-refractivity contribution in [1.82, 2.24) is 0 Å². The molecule has 64 valence electrons. The number of Topliss-reactive ketones (excluding diaryl/α,β-unsaturated/α-hetero) is 1.